The molecular formula is C17H16N2O4. The summed E-state index contributed by atoms with van der Waals surface area (Å²) in [4.78, 5) is 23.2. The molecule has 118 valence electrons. The average molecular weight is 312 g/mol. The molecule has 3 rings (SSSR count). The van der Waals surface area contributed by atoms with E-state index in [1.54, 1.807) is 18.2 Å². The number of ether oxygens (including phenoxy) is 2. The van der Waals surface area contributed by atoms with Gasteiger partial charge in [0, 0.05) is 5.69 Å². The topological polar surface area (TPSA) is 76.7 Å². The SMILES string of the molecule is COC(=O)COc1ccc([C@H]2NC(=O)c3ccccc3N2)cc1. The maximum absolute atomic E-state index is 12.1. The zero-order valence-corrected chi connectivity index (χ0v) is 12.5. The molecule has 6 nitrogen and oxygen atoms in total. The van der Waals surface area contributed by atoms with Crippen LogP contribution in [-0.4, -0.2) is 25.6 Å². The van der Waals surface area contributed by atoms with Gasteiger partial charge in [0.2, 0.25) is 0 Å². The number of para-hydroxylation sites is 1. The average Bonchev–Trinajstić information content (AvgIpc) is 2.60. The lowest BCUT2D eigenvalue weighted by molar-refractivity contribution is -0.142. The van der Waals surface area contributed by atoms with Crippen molar-refractivity contribution in [3.05, 3.63) is 59.7 Å². The lowest BCUT2D eigenvalue weighted by atomic mass is 10.1. The second-order valence-corrected chi connectivity index (χ2v) is 5.03. The fourth-order valence-electron chi connectivity index (χ4n) is 2.33. The van der Waals surface area contributed by atoms with Gasteiger partial charge >= 0.3 is 5.97 Å². The minimum atomic E-state index is -0.438. The van der Waals surface area contributed by atoms with Crippen LogP contribution in [0.5, 0.6) is 5.75 Å². The number of carbonyl (C=O) groups is 2. The van der Waals surface area contributed by atoms with E-state index in [1.165, 1.54) is 7.11 Å². The van der Waals surface area contributed by atoms with Crippen molar-refractivity contribution >= 4 is 17.6 Å². The number of anilines is 1. The molecule has 1 amide bonds. The predicted molar refractivity (Wildman–Crippen MR) is 84.2 cm³/mol. The Kier molecular flexibility index (Phi) is 4.14. The molecule has 0 saturated heterocycles. The van der Waals surface area contributed by atoms with Gasteiger partial charge in [0.1, 0.15) is 11.9 Å². The minimum absolute atomic E-state index is 0.115. The molecule has 0 radical (unpaired) electrons. The number of nitrogens with one attached hydrogen (secondary N) is 2. The highest BCUT2D eigenvalue weighted by atomic mass is 16.6. The highest BCUT2D eigenvalue weighted by Gasteiger charge is 2.23. The van der Waals surface area contributed by atoms with Gasteiger partial charge in [-0.05, 0) is 29.8 Å². The molecule has 1 aliphatic rings. The molecule has 6 heteroatoms. The van der Waals surface area contributed by atoms with Gasteiger partial charge in [-0.15, -0.1) is 0 Å². The molecule has 23 heavy (non-hydrogen) atoms. The van der Waals surface area contributed by atoms with E-state index in [9.17, 15) is 9.59 Å². The second kappa shape index (κ2) is 6.39. The molecule has 2 N–H and O–H groups in total. The van der Waals surface area contributed by atoms with Gasteiger partial charge in [0.05, 0.1) is 12.7 Å². The van der Waals surface area contributed by atoms with Crippen molar-refractivity contribution in [1.82, 2.24) is 5.32 Å². The Hall–Kier alpha value is -3.02. The summed E-state index contributed by atoms with van der Waals surface area (Å²) in [6.45, 7) is -0.137. The number of hydrogen-bond donors (Lipinski definition) is 2. The van der Waals surface area contributed by atoms with Crippen LogP contribution in [0.2, 0.25) is 0 Å². The quantitative estimate of drug-likeness (QED) is 0.846. The van der Waals surface area contributed by atoms with Crippen molar-refractivity contribution in [3.63, 3.8) is 0 Å². The molecule has 2 aromatic rings. The first-order valence-corrected chi connectivity index (χ1v) is 7.13. The van der Waals surface area contributed by atoms with Gasteiger partial charge in [-0.2, -0.15) is 0 Å². The first kappa shape index (κ1) is 14.9. The van der Waals surface area contributed by atoms with Crippen molar-refractivity contribution < 1.29 is 19.1 Å². The van der Waals surface area contributed by atoms with Gasteiger partial charge in [0.15, 0.2) is 6.61 Å². The maximum Gasteiger partial charge on any atom is 0.343 e. The predicted octanol–water partition coefficient (Wildman–Crippen LogP) is 2.09. The van der Waals surface area contributed by atoms with Crippen molar-refractivity contribution in [2.24, 2.45) is 0 Å². The molecule has 0 aliphatic carbocycles. The number of methoxy groups -OCH3 is 1. The van der Waals surface area contributed by atoms with Crippen LogP contribution in [0, 0.1) is 0 Å². The highest BCUT2D eigenvalue weighted by molar-refractivity contribution is 6.01. The molecule has 0 aromatic heterocycles. The van der Waals surface area contributed by atoms with Crippen molar-refractivity contribution in [2.45, 2.75) is 6.17 Å². The Labute approximate surface area is 133 Å². The lowest BCUT2D eigenvalue weighted by Crippen LogP contribution is -2.38. The summed E-state index contributed by atoms with van der Waals surface area (Å²) in [5, 5.41) is 6.18. The van der Waals surface area contributed by atoms with Crippen LogP contribution < -0.4 is 15.4 Å². The van der Waals surface area contributed by atoms with Crippen molar-refractivity contribution in [2.75, 3.05) is 19.0 Å². The van der Waals surface area contributed by atoms with Crippen LogP contribution in [0.4, 0.5) is 5.69 Å². The third-order valence-corrected chi connectivity index (χ3v) is 3.54. The summed E-state index contributed by atoms with van der Waals surface area (Å²) in [7, 11) is 1.31. The van der Waals surface area contributed by atoms with Gasteiger partial charge in [-0.3, -0.25) is 4.79 Å². The molecule has 0 fully saturated rings. The summed E-state index contributed by atoms with van der Waals surface area (Å²) < 4.78 is 9.81. The Bertz CT molecular complexity index is 728. The first-order chi connectivity index (χ1) is 11.2. The van der Waals surface area contributed by atoms with Gasteiger partial charge < -0.3 is 20.1 Å². The summed E-state index contributed by atoms with van der Waals surface area (Å²) in [6, 6.07) is 14.5. The number of fused-ring (bicyclic) bond motifs is 1. The largest absolute Gasteiger partial charge is 0.482 e. The normalized spacial score (nSPS) is 15.9. The van der Waals surface area contributed by atoms with Crippen LogP contribution in [0.1, 0.15) is 22.1 Å². The Morgan fingerprint density at radius 2 is 1.83 bits per heavy atom. The number of hydrogen-bond acceptors (Lipinski definition) is 5. The van der Waals surface area contributed by atoms with Gasteiger partial charge in [0.25, 0.3) is 5.91 Å². The van der Waals surface area contributed by atoms with Crippen LogP contribution in [0.3, 0.4) is 0 Å². The van der Waals surface area contributed by atoms with E-state index in [0.29, 0.717) is 11.3 Å². The smallest absolute Gasteiger partial charge is 0.343 e. The fraction of sp³-hybridized carbons (Fsp3) is 0.176. The molecule has 1 heterocycles. The number of amides is 1. The fourth-order valence-corrected chi connectivity index (χ4v) is 2.33. The maximum atomic E-state index is 12.1. The molecular weight excluding hydrogens is 296 g/mol. The number of esters is 1. The Morgan fingerprint density at radius 3 is 2.57 bits per heavy atom. The van der Waals surface area contributed by atoms with E-state index in [-0.39, 0.29) is 18.7 Å². The lowest BCUT2D eigenvalue weighted by Gasteiger charge is -2.28. The van der Waals surface area contributed by atoms with E-state index in [4.69, 9.17) is 4.74 Å². The first-order valence-electron chi connectivity index (χ1n) is 7.13. The van der Waals surface area contributed by atoms with Gasteiger partial charge in [-0.1, -0.05) is 24.3 Å². The molecule has 0 bridgehead atoms. The van der Waals surface area contributed by atoms with E-state index in [1.807, 2.05) is 30.3 Å². The summed E-state index contributed by atoms with van der Waals surface area (Å²) in [5.74, 6) is 0.00366. The van der Waals surface area contributed by atoms with E-state index >= 15 is 0 Å². The molecule has 0 saturated carbocycles. The van der Waals surface area contributed by atoms with Crippen LogP contribution in [0.15, 0.2) is 48.5 Å². The standard InChI is InChI=1S/C17H16N2O4/c1-22-15(20)10-23-12-8-6-11(7-9-12)16-18-14-5-3-2-4-13(14)17(21)19-16/h2-9,16,18H,10H2,1H3,(H,19,21)/t16-/m1/s1. The van der Waals surface area contributed by atoms with Gasteiger partial charge in [-0.25, -0.2) is 4.79 Å². The Morgan fingerprint density at radius 1 is 1.09 bits per heavy atom. The van der Waals surface area contributed by atoms with E-state index in [2.05, 4.69) is 15.4 Å². The zero-order chi connectivity index (χ0) is 16.2. The zero-order valence-electron chi connectivity index (χ0n) is 12.5. The summed E-state index contributed by atoms with van der Waals surface area (Å²) >= 11 is 0. The third kappa shape index (κ3) is 3.26. The number of carbonyl (C=O) groups excluding carboxylic acids is 2. The molecule has 0 spiro atoms. The number of benzene rings is 2. The molecule has 0 unspecified atom stereocenters. The monoisotopic (exact) mass is 312 g/mol. The van der Waals surface area contributed by atoms with Crippen LogP contribution in [0.25, 0.3) is 0 Å². The molecule has 1 atom stereocenters. The van der Waals surface area contributed by atoms with Crippen LogP contribution in [-0.2, 0) is 9.53 Å². The van der Waals surface area contributed by atoms with Crippen LogP contribution >= 0.6 is 0 Å². The van der Waals surface area contributed by atoms with E-state index < -0.39 is 5.97 Å². The Balaban J connectivity index is 1.71. The third-order valence-electron chi connectivity index (χ3n) is 3.54. The summed E-state index contributed by atoms with van der Waals surface area (Å²) in [5.41, 5.74) is 2.31. The molecule has 2 aromatic carbocycles. The minimum Gasteiger partial charge on any atom is -0.482 e. The second-order valence-electron chi connectivity index (χ2n) is 5.03. The highest BCUT2D eigenvalue weighted by Crippen LogP contribution is 2.27. The summed E-state index contributed by atoms with van der Waals surface area (Å²) in [6.07, 6.45) is -0.313. The van der Waals surface area contributed by atoms with Crippen molar-refractivity contribution in [1.29, 1.82) is 0 Å². The number of rotatable bonds is 4. The van der Waals surface area contributed by atoms with E-state index in [0.717, 1.165) is 11.3 Å². The molecule has 1 aliphatic heterocycles. The van der Waals surface area contributed by atoms with Crippen molar-refractivity contribution in [3.8, 4) is 5.75 Å².